The molecule has 0 aliphatic carbocycles. The second-order valence-electron chi connectivity index (χ2n) is 1.49. The molecule has 9 heavy (non-hydrogen) atoms. The minimum Gasteiger partial charge on any atom is -0.307 e. The number of allylic oxidation sites excluding steroid dienone is 2. The summed E-state index contributed by atoms with van der Waals surface area (Å²) in [6.07, 6.45) is 4.66. The minimum atomic E-state index is 0.0193. The molecule has 0 amide bonds. The summed E-state index contributed by atoms with van der Waals surface area (Å²) < 4.78 is 4.91. The zero-order valence-electron chi connectivity index (χ0n) is 4.74. The summed E-state index contributed by atoms with van der Waals surface area (Å²) in [5.74, 6) is 0.0193. The highest BCUT2D eigenvalue weighted by molar-refractivity contribution is 7.97. The van der Waals surface area contributed by atoms with Gasteiger partial charge in [-0.15, -0.1) is 0 Å². The van der Waals surface area contributed by atoms with Gasteiger partial charge in [-0.1, -0.05) is 6.08 Å². The number of hydrogen-bond donors (Lipinski definition) is 0. The standard InChI is InChI=1S/C6H6O2S/c7-6-2-1-4-8-9-5-3-6/h1-3,5H,4H2/b2-1-,5-3-. The maximum atomic E-state index is 10.6. The van der Waals surface area contributed by atoms with Gasteiger partial charge in [-0.2, -0.15) is 0 Å². The molecule has 1 aliphatic rings. The molecule has 0 unspecified atom stereocenters. The summed E-state index contributed by atoms with van der Waals surface area (Å²) in [7, 11) is 0. The van der Waals surface area contributed by atoms with E-state index in [1.54, 1.807) is 11.5 Å². The number of carbonyl (C=O) groups is 1. The van der Waals surface area contributed by atoms with E-state index < -0.39 is 0 Å². The number of rotatable bonds is 0. The lowest BCUT2D eigenvalue weighted by Crippen LogP contribution is -1.89. The van der Waals surface area contributed by atoms with Gasteiger partial charge in [-0.3, -0.25) is 4.79 Å². The fraction of sp³-hybridized carbons (Fsp3) is 0.167. The van der Waals surface area contributed by atoms with Crippen LogP contribution in [0.3, 0.4) is 0 Å². The molecule has 0 spiro atoms. The Bertz CT molecular complexity index is 144. The van der Waals surface area contributed by atoms with E-state index in [0.29, 0.717) is 6.61 Å². The van der Waals surface area contributed by atoms with E-state index >= 15 is 0 Å². The van der Waals surface area contributed by atoms with Crippen molar-refractivity contribution >= 4 is 17.8 Å². The number of ketones is 1. The van der Waals surface area contributed by atoms with Crippen LogP contribution in [0.5, 0.6) is 0 Å². The van der Waals surface area contributed by atoms with E-state index in [1.807, 2.05) is 0 Å². The summed E-state index contributed by atoms with van der Waals surface area (Å²) in [5.41, 5.74) is 0. The molecular weight excluding hydrogens is 136 g/mol. The van der Waals surface area contributed by atoms with Crippen molar-refractivity contribution in [2.24, 2.45) is 0 Å². The number of carbonyl (C=O) groups excluding carboxylic acids is 1. The Morgan fingerprint density at radius 3 is 3.33 bits per heavy atom. The molecule has 2 nitrogen and oxygen atoms in total. The van der Waals surface area contributed by atoms with Crippen LogP contribution in [-0.2, 0) is 8.98 Å². The molecule has 0 N–H and O–H groups in total. The van der Waals surface area contributed by atoms with Crippen molar-refractivity contribution < 1.29 is 8.98 Å². The highest BCUT2D eigenvalue weighted by Crippen LogP contribution is 2.05. The Morgan fingerprint density at radius 2 is 2.44 bits per heavy atom. The second-order valence-corrected chi connectivity index (χ2v) is 2.19. The Hall–Kier alpha value is -0.540. The lowest BCUT2D eigenvalue weighted by atomic mass is 10.3. The van der Waals surface area contributed by atoms with Crippen molar-refractivity contribution in [2.75, 3.05) is 6.61 Å². The molecule has 0 aromatic heterocycles. The molecule has 1 aliphatic heterocycles. The topological polar surface area (TPSA) is 26.3 Å². The van der Waals surface area contributed by atoms with E-state index in [9.17, 15) is 4.79 Å². The van der Waals surface area contributed by atoms with Gasteiger partial charge in [0.1, 0.15) is 0 Å². The van der Waals surface area contributed by atoms with Crippen molar-refractivity contribution in [1.29, 1.82) is 0 Å². The van der Waals surface area contributed by atoms with Crippen LogP contribution >= 0.6 is 12.0 Å². The van der Waals surface area contributed by atoms with Crippen molar-refractivity contribution in [2.45, 2.75) is 0 Å². The van der Waals surface area contributed by atoms with E-state index in [2.05, 4.69) is 0 Å². The van der Waals surface area contributed by atoms with Gasteiger partial charge in [-0.05, 0) is 12.2 Å². The van der Waals surface area contributed by atoms with E-state index in [0.717, 1.165) is 0 Å². The predicted octanol–water partition coefficient (Wildman–Crippen LogP) is 1.30. The first-order valence-electron chi connectivity index (χ1n) is 2.55. The Labute approximate surface area is 57.8 Å². The molecule has 0 fully saturated rings. The summed E-state index contributed by atoms with van der Waals surface area (Å²) in [6.45, 7) is 0.501. The molecule has 3 heteroatoms. The maximum Gasteiger partial charge on any atom is 0.178 e. The van der Waals surface area contributed by atoms with Gasteiger partial charge in [-0.25, -0.2) is 0 Å². The molecule has 1 heterocycles. The number of hydrogen-bond acceptors (Lipinski definition) is 3. The fourth-order valence-corrected chi connectivity index (χ4v) is 0.858. The summed E-state index contributed by atoms with van der Waals surface area (Å²) in [6, 6.07) is 0. The third-order valence-corrected chi connectivity index (χ3v) is 1.32. The molecular formula is C6H6O2S. The van der Waals surface area contributed by atoms with Crippen molar-refractivity contribution in [1.82, 2.24) is 0 Å². The van der Waals surface area contributed by atoms with Crippen LogP contribution in [0.4, 0.5) is 0 Å². The van der Waals surface area contributed by atoms with Crippen molar-refractivity contribution in [3.63, 3.8) is 0 Å². The van der Waals surface area contributed by atoms with E-state index in [1.165, 1.54) is 24.2 Å². The third kappa shape index (κ3) is 2.49. The Morgan fingerprint density at radius 1 is 1.56 bits per heavy atom. The predicted molar refractivity (Wildman–Crippen MR) is 36.8 cm³/mol. The zero-order chi connectivity index (χ0) is 6.53. The van der Waals surface area contributed by atoms with Gasteiger partial charge >= 0.3 is 0 Å². The average Bonchev–Trinajstić information content (AvgIpc) is 1.79. The van der Waals surface area contributed by atoms with Gasteiger partial charge in [0.2, 0.25) is 0 Å². The largest absolute Gasteiger partial charge is 0.307 e. The average molecular weight is 142 g/mol. The van der Waals surface area contributed by atoms with Gasteiger partial charge in [0.25, 0.3) is 0 Å². The van der Waals surface area contributed by atoms with E-state index in [4.69, 9.17) is 4.18 Å². The summed E-state index contributed by atoms with van der Waals surface area (Å²) in [5, 5.41) is 1.63. The fourth-order valence-electron chi connectivity index (χ4n) is 0.433. The first-order chi connectivity index (χ1) is 4.39. The van der Waals surface area contributed by atoms with Crippen LogP contribution in [0.1, 0.15) is 0 Å². The molecule has 0 aromatic rings. The first-order valence-corrected chi connectivity index (χ1v) is 3.35. The van der Waals surface area contributed by atoms with Gasteiger partial charge in [0.05, 0.1) is 6.61 Å². The first kappa shape index (κ1) is 6.58. The second kappa shape index (κ2) is 3.48. The molecule has 0 bridgehead atoms. The van der Waals surface area contributed by atoms with Crippen LogP contribution in [0.15, 0.2) is 23.6 Å². The third-order valence-electron chi connectivity index (χ3n) is 0.802. The smallest absolute Gasteiger partial charge is 0.178 e. The maximum absolute atomic E-state index is 10.6. The molecule has 48 valence electrons. The van der Waals surface area contributed by atoms with Crippen LogP contribution in [-0.4, -0.2) is 12.4 Å². The Balaban J connectivity index is 2.55. The molecule has 0 radical (unpaired) electrons. The molecule has 1 rings (SSSR count). The highest BCUT2D eigenvalue weighted by Gasteiger charge is 1.91. The normalized spacial score (nSPS) is 26.4. The Kier molecular flexibility index (Phi) is 2.54. The lowest BCUT2D eigenvalue weighted by molar-refractivity contribution is -0.110. The van der Waals surface area contributed by atoms with Gasteiger partial charge in [0.15, 0.2) is 5.78 Å². The van der Waals surface area contributed by atoms with Crippen LogP contribution in [0.2, 0.25) is 0 Å². The molecule has 0 saturated carbocycles. The van der Waals surface area contributed by atoms with Crippen LogP contribution < -0.4 is 0 Å². The molecule has 0 saturated heterocycles. The van der Waals surface area contributed by atoms with Crippen LogP contribution in [0, 0.1) is 0 Å². The van der Waals surface area contributed by atoms with Gasteiger partial charge < -0.3 is 4.18 Å². The highest BCUT2D eigenvalue weighted by atomic mass is 32.2. The van der Waals surface area contributed by atoms with Crippen molar-refractivity contribution in [3.8, 4) is 0 Å². The van der Waals surface area contributed by atoms with E-state index in [-0.39, 0.29) is 5.78 Å². The van der Waals surface area contributed by atoms with Crippen LogP contribution in [0.25, 0.3) is 0 Å². The molecule has 0 atom stereocenters. The van der Waals surface area contributed by atoms with Gasteiger partial charge in [0, 0.05) is 17.5 Å². The van der Waals surface area contributed by atoms with Crippen molar-refractivity contribution in [3.05, 3.63) is 23.6 Å². The summed E-state index contributed by atoms with van der Waals surface area (Å²) >= 11 is 1.18. The summed E-state index contributed by atoms with van der Waals surface area (Å²) in [4.78, 5) is 10.6. The molecule has 0 aromatic carbocycles. The SMILES string of the molecule is O=C1/C=C\COS/C=C\1. The lowest BCUT2D eigenvalue weighted by Gasteiger charge is -1.94. The zero-order valence-corrected chi connectivity index (χ0v) is 5.56. The minimum absolute atomic E-state index is 0.0193. The monoisotopic (exact) mass is 142 g/mol. The quantitative estimate of drug-likeness (QED) is 0.477.